The first-order chi connectivity index (χ1) is 13.8. The second-order valence-corrected chi connectivity index (χ2v) is 8.42. The Labute approximate surface area is 165 Å². The summed E-state index contributed by atoms with van der Waals surface area (Å²) in [7, 11) is -4.63. The molecule has 0 radical (unpaired) electrons. The van der Waals surface area contributed by atoms with Gasteiger partial charge in [0.25, 0.3) is 10.0 Å². The maximum Gasteiger partial charge on any atom is 0.268 e. The zero-order chi connectivity index (χ0) is 20.8. The number of likely N-dealkylation sites (tertiary alicyclic amines) is 1. The van der Waals surface area contributed by atoms with Gasteiger partial charge in [-0.3, -0.25) is 14.3 Å². The van der Waals surface area contributed by atoms with E-state index in [9.17, 15) is 26.8 Å². The number of benzene rings is 2. The molecule has 4 rings (SSSR count). The van der Waals surface area contributed by atoms with Gasteiger partial charge in [-0.25, -0.2) is 17.2 Å². The number of Topliss-reactive ketones (excluding diaryl/α,β-unsaturated/α-hetero) is 2. The van der Waals surface area contributed by atoms with Gasteiger partial charge < -0.3 is 4.90 Å². The quantitative estimate of drug-likeness (QED) is 0.825. The van der Waals surface area contributed by atoms with Crippen LogP contribution in [-0.2, 0) is 10.0 Å². The Morgan fingerprint density at radius 3 is 2.14 bits per heavy atom. The third kappa shape index (κ3) is 3.31. The molecule has 1 aliphatic heterocycles. The first kappa shape index (κ1) is 19.3. The molecular weight excluding hydrogens is 402 g/mol. The number of carbonyl (C=O) groups excluding carboxylic acids is 2. The number of ketones is 2. The van der Waals surface area contributed by atoms with Crippen LogP contribution in [0.5, 0.6) is 0 Å². The smallest absolute Gasteiger partial charge is 0.268 e. The lowest BCUT2D eigenvalue weighted by Gasteiger charge is -2.27. The molecule has 0 spiro atoms. The summed E-state index contributed by atoms with van der Waals surface area (Å²) >= 11 is 0. The van der Waals surface area contributed by atoms with Crippen molar-refractivity contribution in [2.24, 2.45) is 0 Å². The average Bonchev–Trinajstić information content (AvgIpc) is 3.21. The minimum Gasteiger partial charge on any atom is -0.367 e. The number of fused-ring (bicyclic) bond motifs is 1. The lowest BCUT2D eigenvalue weighted by molar-refractivity contribution is 0.0953. The number of sulfonamides is 1. The van der Waals surface area contributed by atoms with Crippen LogP contribution >= 0.6 is 0 Å². The summed E-state index contributed by atoms with van der Waals surface area (Å²) in [5.41, 5.74) is -0.619. The lowest BCUT2D eigenvalue weighted by atomic mass is 9.92. The Kier molecular flexibility index (Phi) is 4.70. The SMILES string of the molecule is O=C1C(N2CCCC2)=C(S(=O)(=O)Nc2ccc(F)cc2F)C(=O)c2ccccc21. The largest absolute Gasteiger partial charge is 0.367 e. The van der Waals surface area contributed by atoms with Crippen LogP contribution in [0.3, 0.4) is 0 Å². The van der Waals surface area contributed by atoms with Gasteiger partial charge in [-0.15, -0.1) is 0 Å². The molecule has 0 amide bonds. The molecule has 1 fully saturated rings. The van der Waals surface area contributed by atoms with Gasteiger partial charge in [-0.1, -0.05) is 24.3 Å². The molecule has 0 bridgehead atoms. The second kappa shape index (κ2) is 7.07. The first-order valence-electron chi connectivity index (χ1n) is 8.95. The molecule has 0 saturated carbocycles. The fraction of sp³-hybridized carbons (Fsp3) is 0.200. The molecular formula is C20H16F2N2O4S. The van der Waals surface area contributed by atoms with Crippen molar-refractivity contribution in [2.45, 2.75) is 12.8 Å². The van der Waals surface area contributed by atoms with Gasteiger partial charge in [0, 0.05) is 30.3 Å². The third-order valence-corrected chi connectivity index (χ3v) is 6.32. The highest BCUT2D eigenvalue weighted by atomic mass is 32.2. The normalized spacial score (nSPS) is 17.0. The van der Waals surface area contributed by atoms with Crippen molar-refractivity contribution in [3.63, 3.8) is 0 Å². The second-order valence-electron chi connectivity index (χ2n) is 6.81. The van der Waals surface area contributed by atoms with Crippen LogP contribution in [-0.4, -0.2) is 38.0 Å². The Morgan fingerprint density at radius 2 is 1.52 bits per heavy atom. The van der Waals surface area contributed by atoms with Gasteiger partial charge in [0.2, 0.25) is 11.6 Å². The zero-order valence-corrected chi connectivity index (χ0v) is 15.9. The van der Waals surface area contributed by atoms with Crippen molar-refractivity contribution < 1.29 is 26.8 Å². The zero-order valence-electron chi connectivity index (χ0n) is 15.1. The van der Waals surface area contributed by atoms with Crippen molar-refractivity contribution in [1.82, 2.24) is 4.90 Å². The summed E-state index contributed by atoms with van der Waals surface area (Å²) in [5.74, 6) is -3.41. The van der Waals surface area contributed by atoms with E-state index in [2.05, 4.69) is 0 Å². The fourth-order valence-electron chi connectivity index (χ4n) is 3.58. The number of anilines is 1. The molecule has 0 atom stereocenters. The summed E-state index contributed by atoms with van der Waals surface area (Å²) in [4.78, 5) is 27.1. The predicted molar refractivity (Wildman–Crippen MR) is 102 cm³/mol. The highest BCUT2D eigenvalue weighted by Crippen LogP contribution is 2.34. The lowest BCUT2D eigenvalue weighted by Crippen LogP contribution is -2.36. The summed E-state index contributed by atoms with van der Waals surface area (Å²) in [5, 5.41) is 0. The molecule has 2 aromatic carbocycles. The Morgan fingerprint density at radius 1 is 0.897 bits per heavy atom. The molecule has 2 aromatic rings. The van der Waals surface area contributed by atoms with Crippen LogP contribution in [0.4, 0.5) is 14.5 Å². The van der Waals surface area contributed by atoms with Gasteiger partial charge >= 0.3 is 0 Å². The fourth-order valence-corrected chi connectivity index (χ4v) is 4.97. The maximum absolute atomic E-state index is 14.0. The van der Waals surface area contributed by atoms with Crippen molar-refractivity contribution in [2.75, 3.05) is 17.8 Å². The van der Waals surface area contributed by atoms with E-state index < -0.39 is 43.8 Å². The molecule has 2 aliphatic rings. The van der Waals surface area contributed by atoms with Crippen molar-refractivity contribution in [1.29, 1.82) is 0 Å². The molecule has 6 nitrogen and oxygen atoms in total. The minimum absolute atomic E-state index is 0.0274. The molecule has 1 saturated heterocycles. The number of nitrogens with one attached hydrogen (secondary N) is 1. The minimum atomic E-state index is -4.63. The number of halogens is 2. The van der Waals surface area contributed by atoms with Crippen molar-refractivity contribution in [3.05, 3.63) is 75.8 Å². The predicted octanol–water partition coefficient (Wildman–Crippen LogP) is 3.09. The van der Waals surface area contributed by atoms with E-state index in [-0.39, 0.29) is 16.8 Å². The van der Waals surface area contributed by atoms with E-state index in [4.69, 9.17) is 0 Å². The number of rotatable bonds is 4. The first-order valence-corrected chi connectivity index (χ1v) is 10.4. The van der Waals surface area contributed by atoms with E-state index in [1.807, 2.05) is 4.72 Å². The van der Waals surface area contributed by atoms with Gasteiger partial charge in [0.1, 0.15) is 17.3 Å². The summed E-state index contributed by atoms with van der Waals surface area (Å²) in [6, 6.07) is 8.31. The molecule has 150 valence electrons. The number of hydrogen-bond acceptors (Lipinski definition) is 5. The number of nitrogens with zero attached hydrogens (tertiary/aromatic N) is 1. The van der Waals surface area contributed by atoms with Crippen molar-refractivity contribution in [3.8, 4) is 0 Å². The molecule has 1 aliphatic carbocycles. The van der Waals surface area contributed by atoms with Crippen LogP contribution in [0.2, 0.25) is 0 Å². The maximum atomic E-state index is 14.0. The van der Waals surface area contributed by atoms with Gasteiger partial charge in [-0.2, -0.15) is 0 Å². The van der Waals surface area contributed by atoms with Crippen molar-refractivity contribution >= 4 is 27.3 Å². The Hall–Kier alpha value is -3.07. The molecule has 1 heterocycles. The number of allylic oxidation sites excluding steroid dienone is 2. The van der Waals surface area contributed by atoms with Gasteiger partial charge in [0.05, 0.1) is 5.69 Å². The molecule has 1 N–H and O–H groups in total. The van der Waals surface area contributed by atoms with Crippen LogP contribution in [0.15, 0.2) is 53.1 Å². The van der Waals surface area contributed by atoms with E-state index >= 15 is 0 Å². The molecule has 29 heavy (non-hydrogen) atoms. The Bertz CT molecular complexity index is 1170. The number of carbonyl (C=O) groups is 2. The van der Waals surface area contributed by atoms with Crippen LogP contribution in [0.1, 0.15) is 33.6 Å². The van der Waals surface area contributed by atoms with Gasteiger partial charge in [-0.05, 0) is 25.0 Å². The molecule has 9 heteroatoms. The summed E-state index contributed by atoms with van der Waals surface area (Å²) in [6.45, 7) is 0.862. The standard InChI is InChI=1S/C20H16F2N2O4S/c21-12-7-8-16(15(22)11-12)23-29(27,28)20-17(24-9-3-4-10-24)18(25)13-5-1-2-6-14(13)19(20)26/h1-2,5-8,11,23H,3-4,9-10H2. The summed E-state index contributed by atoms with van der Waals surface area (Å²) < 4.78 is 55.3. The van der Waals surface area contributed by atoms with E-state index in [0.717, 1.165) is 25.0 Å². The summed E-state index contributed by atoms with van der Waals surface area (Å²) in [6.07, 6.45) is 1.50. The average molecular weight is 418 g/mol. The molecule has 0 unspecified atom stereocenters. The topological polar surface area (TPSA) is 83.6 Å². The van der Waals surface area contributed by atoms with Crippen LogP contribution < -0.4 is 4.72 Å². The highest BCUT2D eigenvalue weighted by molar-refractivity contribution is 7.97. The monoisotopic (exact) mass is 418 g/mol. The Balaban J connectivity index is 1.87. The van der Waals surface area contributed by atoms with Crippen LogP contribution in [0, 0.1) is 11.6 Å². The van der Waals surface area contributed by atoms with E-state index in [0.29, 0.717) is 19.2 Å². The molecule has 0 aromatic heterocycles. The van der Waals surface area contributed by atoms with E-state index in [1.165, 1.54) is 18.2 Å². The number of hydrogen-bond donors (Lipinski definition) is 1. The van der Waals surface area contributed by atoms with Crippen LogP contribution in [0.25, 0.3) is 0 Å². The van der Waals surface area contributed by atoms with Gasteiger partial charge in [0.15, 0.2) is 4.91 Å². The van der Waals surface area contributed by atoms with E-state index in [1.54, 1.807) is 11.0 Å². The highest BCUT2D eigenvalue weighted by Gasteiger charge is 2.42. The third-order valence-electron chi connectivity index (χ3n) is 4.92.